The van der Waals surface area contributed by atoms with E-state index in [2.05, 4.69) is 5.32 Å². The molecule has 0 spiro atoms. The maximum Gasteiger partial charge on any atom is 0.322 e. The lowest BCUT2D eigenvalue weighted by molar-refractivity contribution is -0.133. The number of nitrogens with zero attached hydrogens (tertiary/aromatic N) is 2. The van der Waals surface area contributed by atoms with E-state index in [-0.39, 0.29) is 24.3 Å². The van der Waals surface area contributed by atoms with Gasteiger partial charge in [-0.05, 0) is 68.7 Å². The average Bonchev–Trinajstić information content (AvgIpc) is 3.27. The Morgan fingerprint density at radius 3 is 2.39 bits per heavy atom. The number of hydrogen-bond donors (Lipinski definition) is 1. The van der Waals surface area contributed by atoms with Crippen molar-refractivity contribution in [3.8, 4) is 0 Å². The molecule has 6 nitrogen and oxygen atoms in total. The minimum Gasteiger partial charge on any atom is -0.382 e. The molecule has 1 aromatic heterocycles. The summed E-state index contributed by atoms with van der Waals surface area (Å²) in [4.78, 5) is 32.2. The van der Waals surface area contributed by atoms with Crippen LogP contribution >= 0.6 is 11.3 Å². The van der Waals surface area contributed by atoms with E-state index in [9.17, 15) is 14.0 Å². The number of ether oxygens (including phenoxy) is 1. The van der Waals surface area contributed by atoms with Crippen molar-refractivity contribution in [3.05, 3.63) is 87.4 Å². The van der Waals surface area contributed by atoms with Crippen LogP contribution in [0.3, 0.4) is 0 Å². The van der Waals surface area contributed by atoms with Gasteiger partial charge in [-0.15, -0.1) is 11.3 Å². The molecule has 0 aliphatic carbocycles. The monoisotopic (exact) mass is 511 g/mol. The lowest BCUT2D eigenvalue weighted by Crippen LogP contribution is -2.44. The van der Waals surface area contributed by atoms with Crippen LogP contribution in [0.4, 0.5) is 14.9 Å². The van der Waals surface area contributed by atoms with Gasteiger partial charge >= 0.3 is 6.03 Å². The molecule has 0 fully saturated rings. The molecule has 8 heteroatoms. The molecule has 0 aliphatic rings. The van der Waals surface area contributed by atoms with Gasteiger partial charge < -0.3 is 19.9 Å². The third kappa shape index (κ3) is 8.46. The van der Waals surface area contributed by atoms with Gasteiger partial charge in [0.1, 0.15) is 12.4 Å². The quantitative estimate of drug-likeness (QED) is 0.304. The number of para-hydroxylation sites is 1. The van der Waals surface area contributed by atoms with Gasteiger partial charge in [0.2, 0.25) is 5.91 Å². The van der Waals surface area contributed by atoms with E-state index in [0.717, 1.165) is 20.9 Å². The Hall–Kier alpha value is -3.23. The Bertz CT molecular complexity index is 1130. The van der Waals surface area contributed by atoms with E-state index < -0.39 is 0 Å². The van der Waals surface area contributed by atoms with Crippen molar-refractivity contribution in [3.63, 3.8) is 0 Å². The molecule has 1 heterocycles. The highest BCUT2D eigenvalue weighted by Gasteiger charge is 2.23. The van der Waals surface area contributed by atoms with Gasteiger partial charge in [-0.3, -0.25) is 4.79 Å². The second kappa shape index (κ2) is 13.8. The minimum atomic E-state index is -0.331. The van der Waals surface area contributed by atoms with Gasteiger partial charge in [0, 0.05) is 41.7 Å². The summed E-state index contributed by atoms with van der Waals surface area (Å²) in [6.45, 7) is 8.02. The first-order chi connectivity index (χ1) is 17.4. The molecular weight excluding hydrogens is 477 g/mol. The fraction of sp³-hybridized carbons (Fsp3) is 0.357. The number of carbonyl (C=O) groups excluding carboxylic acids is 2. The molecule has 0 saturated carbocycles. The van der Waals surface area contributed by atoms with Crippen LogP contribution < -0.4 is 5.32 Å². The molecule has 3 aromatic rings. The number of aryl methyl sites for hydroxylation is 2. The summed E-state index contributed by atoms with van der Waals surface area (Å²) in [6, 6.07) is 17.4. The zero-order chi connectivity index (χ0) is 25.9. The van der Waals surface area contributed by atoms with Crippen LogP contribution in [0.2, 0.25) is 0 Å². The normalized spacial score (nSPS) is 10.8. The molecule has 0 atom stereocenters. The van der Waals surface area contributed by atoms with Crippen LogP contribution in [0, 0.1) is 19.7 Å². The zero-order valence-corrected chi connectivity index (χ0v) is 21.9. The van der Waals surface area contributed by atoms with Crippen LogP contribution in [0.5, 0.6) is 0 Å². The molecule has 0 aliphatic heterocycles. The van der Waals surface area contributed by atoms with Crippen LogP contribution in [0.15, 0.2) is 60.7 Å². The lowest BCUT2D eigenvalue weighted by atomic mass is 10.2. The Labute approximate surface area is 216 Å². The number of hydrogen-bond acceptors (Lipinski definition) is 4. The molecule has 36 heavy (non-hydrogen) atoms. The number of thiophene rings is 1. The second-order valence-corrected chi connectivity index (χ2v) is 9.98. The third-order valence-corrected chi connectivity index (χ3v) is 6.69. The number of carbonyl (C=O) groups is 2. The van der Waals surface area contributed by atoms with Gasteiger partial charge in [-0.1, -0.05) is 30.3 Å². The van der Waals surface area contributed by atoms with Crippen molar-refractivity contribution in [2.75, 3.05) is 31.6 Å². The molecule has 192 valence electrons. The van der Waals surface area contributed by atoms with Crippen molar-refractivity contribution in [2.45, 2.75) is 40.3 Å². The van der Waals surface area contributed by atoms with Crippen molar-refractivity contribution in [1.29, 1.82) is 0 Å². The second-order valence-electron chi connectivity index (χ2n) is 8.61. The Kier molecular flexibility index (Phi) is 10.5. The molecule has 0 saturated heterocycles. The highest BCUT2D eigenvalue weighted by atomic mass is 32.1. The van der Waals surface area contributed by atoms with Gasteiger partial charge in [0.15, 0.2) is 0 Å². The fourth-order valence-electron chi connectivity index (χ4n) is 3.73. The molecule has 0 bridgehead atoms. The van der Waals surface area contributed by atoms with Gasteiger partial charge in [0.25, 0.3) is 0 Å². The number of nitrogens with one attached hydrogen (secondary N) is 1. The smallest absolute Gasteiger partial charge is 0.322 e. The lowest BCUT2D eigenvalue weighted by Gasteiger charge is -2.28. The summed E-state index contributed by atoms with van der Waals surface area (Å²) >= 11 is 1.63. The molecule has 0 unspecified atom stereocenters. The molecule has 0 radical (unpaired) electrons. The van der Waals surface area contributed by atoms with E-state index in [1.54, 1.807) is 28.4 Å². The van der Waals surface area contributed by atoms with Gasteiger partial charge in [0.05, 0.1) is 6.54 Å². The largest absolute Gasteiger partial charge is 0.382 e. The number of urea groups is 1. The van der Waals surface area contributed by atoms with Crippen LogP contribution in [-0.2, 0) is 22.6 Å². The van der Waals surface area contributed by atoms with Crippen LogP contribution in [-0.4, -0.2) is 48.0 Å². The number of rotatable bonds is 12. The van der Waals surface area contributed by atoms with Crippen molar-refractivity contribution in [2.24, 2.45) is 0 Å². The number of halogens is 1. The maximum absolute atomic E-state index is 13.6. The predicted octanol–water partition coefficient (Wildman–Crippen LogP) is 5.99. The predicted molar refractivity (Wildman–Crippen MR) is 143 cm³/mol. The van der Waals surface area contributed by atoms with E-state index in [4.69, 9.17) is 4.74 Å². The molecule has 3 rings (SSSR count). The zero-order valence-electron chi connectivity index (χ0n) is 21.1. The Balaban J connectivity index is 1.77. The first kappa shape index (κ1) is 27.4. The average molecular weight is 512 g/mol. The van der Waals surface area contributed by atoms with Crippen LogP contribution in [0.1, 0.15) is 34.2 Å². The summed E-state index contributed by atoms with van der Waals surface area (Å²) in [7, 11) is 0. The number of benzene rings is 2. The maximum atomic E-state index is 13.6. The standard InChI is InChI=1S/C28H34FN3O3S/c1-4-35-17-7-16-31(28(34)30-26-9-6-5-8-21(26)2)20-27(33)32(19-25-15-10-22(3)36-25)18-23-11-13-24(29)14-12-23/h5-6,8-15H,4,7,16-20H2,1-3H3,(H,30,34). The van der Waals surface area contributed by atoms with Crippen molar-refractivity contribution in [1.82, 2.24) is 9.80 Å². The summed E-state index contributed by atoms with van der Waals surface area (Å²) in [5, 5.41) is 2.94. The molecule has 2 aromatic carbocycles. The minimum absolute atomic E-state index is 0.0740. The fourth-order valence-corrected chi connectivity index (χ4v) is 4.63. The highest BCUT2D eigenvalue weighted by molar-refractivity contribution is 7.11. The topological polar surface area (TPSA) is 61.9 Å². The number of anilines is 1. The molecular formula is C28H34FN3O3S. The Morgan fingerprint density at radius 1 is 0.972 bits per heavy atom. The third-order valence-electron chi connectivity index (χ3n) is 5.70. The van der Waals surface area contributed by atoms with Gasteiger partial charge in [-0.2, -0.15) is 0 Å². The summed E-state index contributed by atoms with van der Waals surface area (Å²) in [5.41, 5.74) is 2.48. The summed E-state index contributed by atoms with van der Waals surface area (Å²) in [6.07, 6.45) is 0.615. The van der Waals surface area contributed by atoms with E-state index in [0.29, 0.717) is 45.0 Å². The first-order valence-corrected chi connectivity index (χ1v) is 12.9. The van der Waals surface area contributed by atoms with E-state index in [1.165, 1.54) is 17.0 Å². The highest BCUT2D eigenvalue weighted by Crippen LogP contribution is 2.20. The Morgan fingerprint density at radius 2 is 1.72 bits per heavy atom. The van der Waals surface area contributed by atoms with Crippen molar-refractivity contribution < 1.29 is 18.7 Å². The molecule has 1 N–H and O–H groups in total. The first-order valence-electron chi connectivity index (χ1n) is 12.1. The van der Waals surface area contributed by atoms with Crippen LogP contribution in [0.25, 0.3) is 0 Å². The van der Waals surface area contributed by atoms with Gasteiger partial charge in [-0.25, -0.2) is 9.18 Å². The molecule has 3 amide bonds. The SMILES string of the molecule is CCOCCCN(CC(=O)N(Cc1ccc(F)cc1)Cc1ccc(C)s1)C(=O)Nc1ccccc1C. The van der Waals surface area contributed by atoms with E-state index >= 15 is 0 Å². The van der Waals surface area contributed by atoms with Crippen molar-refractivity contribution >= 4 is 29.0 Å². The summed E-state index contributed by atoms with van der Waals surface area (Å²) in [5.74, 6) is -0.499. The summed E-state index contributed by atoms with van der Waals surface area (Å²) < 4.78 is 18.9. The van der Waals surface area contributed by atoms with E-state index in [1.807, 2.05) is 57.2 Å². The number of amides is 3.